The van der Waals surface area contributed by atoms with E-state index in [2.05, 4.69) is 0 Å². The van der Waals surface area contributed by atoms with Gasteiger partial charge in [-0.25, -0.2) is 0 Å². The summed E-state index contributed by atoms with van der Waals surface area (Å²) in [6.45, 7) is 7.25. The number of rotatable bonds is 13. The van der Waals surface area contributed by atoms with E-state index in [0.29, 0.717) is 0 Å². The van der Waals surface area contributed by atoms with Gasteiger partial charge in [0, 0.05) is 22.5 Å². The zero-order chi connectivity index (χ0) is 45.4. The van der Waals surface area contributed by atoms with Gasteiger partial charge in [-0.2, -0.15) is 87.8 Å². The fourth-order valence-electron chi connectivity index (χ4n) is 6.36. The van der Waals surface area contributed by atoms with Crippen LogP contribution in [0, 0.1) is 0 Å². The molecule has 4 rings (SSSR count). The Labute approximate surface area is 317 Å². The molecule has 0 atom stereocenters. The molecule has 2 aliphatic rings. The molecule has 0 aromatic heterocycles. The van der Waals surface area contributed by atoms with Crippen molar-refractivity contribution in [2.45, 2.75) is 149 Å². The molecule has 0 unspecified atom stereocenters. The average molecular weight is 877 g/mol. The molecule has 2 aliphatic carbocycles. The molecule has 2 fully saturated rings. The minimum Gasteiger partial charge on any atom is -0.398 e. The summed E-state index contributed by atoms with van der Waals surface area (Å²) in [5.41, 5.74) is 1.57. The van der Waals surface area contributed by atoms with E-state index < -0.39 is 115 Å². The molecule has 4 N–H and O–H groups in total. The van der Waals surface area contributed by atoms with Crippen LogP contribution in [0.3, 0.4) is 0 Å². The first-order valence-corrected chi connectivity index (χ1v) is 17.1. The van der Waals surface area contributed by atoms with Gasteiger partial charge in [-0.1, -0.05) is 41.5 Å². The van der Waals surface area contributed by atoms with Crippen molar-refractivity contribution in [3.63, 3.8) is 0 Å². The van der Waals surface area contributed by atoms with Crippen molar-refractivity contribution in [3.8, 4) is 0 Å². The molecule has 0 bridgehead atoms. The number of alkyl halides is 20. The predicted octanol–water partition coefficient (Wildman–Crippen LogP) is 13.2. The summed E-state index contributed by atoms with van der Waals surface area (Å²) in [6, 6.07) is -0.0845. The summed E-state index contributed by atoms with van der Waals surface area (Å²) >= 11 is 0. The molecule has 0 saturated heterocycles. The Bertz CT molecular complexity index is 1770. The number of nitrogen functional groups attached to an aromatic ring is 2. The molecule has 2 nitrogen and oxygen atoms in total. The van der Waals surface area contributed by atoms with Crippen molar-refractivity contribution in [1.29, 1.82) is 0 Å². The van der Waals surface area contributed by atoms with Crippen LogP contribution in [0.4, 0.5) is 99.2 Å². The molecule has 330 valence electrons. The predicted molar refractivity (Wildman–Crippen MR) is 170 cm³/mol. The number of anilines is 2. The molecular formula is C36H36F20N2. The molecule has 0 spiro atoms. The molecule has 2 aromatic carbocycles. The topological polar surface area (TPSA) is 52.0 Å². The maximum Gasteiger partial charge on any atom is 0.385 e. The summed E-state index contributed by atoms with van der Waals surface area (Å²) in [5.74, 6) is -84.8. The Balaban J connectivity index is 1.83. The molecule has 2 aromatic rings. The SMILES string of the molecule is CC(C)(C)c1cc(C(F)(F)C(F)(F)C(F)(F)C(F)(F)C(F)(F)C(F)(F)C(F)(F)C(F)(F)C(F)(F)C(F)(F)c2cc(C3CC3)c(N)c(C(C)(C)C)c2)cc(C2CC2)c1N. The van der Waals surface area contributed by atoms with Crippen molar-refractivity contribution in [2.75, 3.05) is 11.5 Å². The number of hydrogen-bond acceptors (Lipinski definition) is 2. The lowest BCUT2D eigenvalue weighted by atomic mass is 9.79. The molecule has 2 saturated carbocycles. The van der Waals surface area contributed by atoms with Gasteiger partial charge in [-0.15, -0.1) is 0 Å². The van der Waals surface area contributed by atoms with E-state index in [9.17, 15) is 52.7 Å². The lowest BCUT2D eigenvalue weighted by Crippen LogP contribution is -2.76. The van der Waals surface area contributed by atoms with Gasteiger partial charge in [-0.3, -0.25) is 0 Å². The molecule has 58 heavy (non-hydrogen) atoms. The maximum atomic E-state index is 15.4. The Morgan fingerprint density at radius 1 is 0.362 bits per heavy atom. The third-order valence-corrected chi connectivity index (χ3v) is 10.3. The third kappa shape index (κ3) is 6.44. The van der Waals surface area contributed by atoms with Crippen LogP contribution in [-0.2, 0) is 22.7 Å². The first-order valence-electron chi connectivity index (χ1n) is 17.1. The van der Waals surface area contributed by atoms with Crippen LogP contribution in [0.1, 0.15) is 112 Å². The zero-order valence-electron chi connectivity index (χ0n) is 31.0. The van der Waals surface area contributed by atoms with E-state index in [0.717, 1.165) is 0 Å². The van der Waals surface area contributed by atoms with Crippen LogP contribution in [-0.4, -0.2) is 47.4 Å². The molecular weight excluding hydrogens is 840 g/mol. The van der Waals surface area contributed by atoms with Crippen LogP contribution in [0.15, 0.2) is 24.3 Å². The first-order chi connectivity index (χ1) is 25.5. The van der Waals surface area contributed by atoms with Crippen molar-refractivity contribution in [2.24, 2.45) is 0 Å². The van der Waals surface area contributed by atoms with Gasteiger partial charge in [0.05, 0.1) is 0 Å². The molecule has 0 heterocycles. The lowest BCUT2D eigenvalue weighted by molar-refractivity contribution is -0.470. The van der Waals surface area contributed by atoms with E-state index >= 15 is 35.1 Å². The second-order valence-corrected chi connectivity index (χ2v) is 16.8. The highest BCUT2D eigenvalue weighted by atomic mass is 19.4. The number of hydrogen-bond donors (Lipinski definition) is 2. The number of nitrogens with two attached hydrogens (primary N) is 2. The van der Waals surface area contributed by atoms with Crippen LogP contribution in [0.5, 0.6) is 0 Å². The molecule has 0 amide bonds. The second kappa shape index (κ2) is 13.1. The minimum atomic E-state index is -9.13. The number of benzene rings is 2. The van der Waals surface area contributed by atoms with Gasteiger partial charge >= 0.3 is 59.2 Å². The smallest absolute Gasteiger partial charge is 0.385 e. The van der Waals surface area contributed by atoms with Gasteiger partial charge in [0.25, 0.3) is 0 Å². The van der Waals surface area contributed by atoms with Crippen molar-refractivity contribution in [1.82, 2.24) is 0 Å². The fourth-order valence-corrected chi connectivity index (χ4v) is 6.36. The standard InChI is InChI=1S/C36H36F20N2/c1-25(2,3)21-13-17(11-19(23(21)57)15-7-8-15)27(37,38)29(41,42)31(45,46)33(49,50)35(53,54)36(55,56)34(51,52)32(47,48)30(43,44)28(39,40)18-12-20(16-9-10-16)24(58)22(14-18)26(4,5)6/h11-16H,7-10,57-58H2,1-6H3. The Hall–Kier alpha value is -3.36. The van der Waals surface area contributed by atoms with Gasteiger partial charge in [0.1, 0.15) is 0 Å². The van der Waals surface area contributed by atoms with Crippen molar-refractivity contribution >= 4 is 11.4 Å². The highest BCUT2D eigenvalue weighted by molar-refractivity contribution is 5.62. The molecule has 22 heteroatoms. The summed E-state index contributed by atoms with van der Waals surface area (Å²) in [4.78, 5) is 0. The summed E-state index contributed by atoms with van der Waals surface area (Å²) in [6.07, 6.45) is 0.548. The Kier molecular flexibility index (Phi) is 10.7. The quantitative estimate of drug-likeness (QED) is 0.156. The second-order valence-electron chi connectivity index (χ2n) is 16.8. The fraction of sp³-hybridized carbons (Fsp3) is 0.667. The van der Waals surface area contributed by atoms with Gasteiger partial charge < -0.3 is 11.5 Å². The van der Waals surface area contributed by atoms with Crippen molar-refractivity contribution < 1.29 is 87.8 Å². The van der Waals surface area contributed by atoms with Gasteiger partial charge in [-0.05, 0) is 94.9 Å². The maximum absolute atomic E-state index is 15.4. The largest absolute Gasteiger partial charge is 0.398 e. The highest BCUT2D eigenvalue weighted by Crippen LogP contribution is 2.68. The lowest BCUT2D eigenvalue weighted by Gasteiger charge is -2.45. The van der Waals surface area contributed by atoms with Crippen LogP contribution in [0.25, 0.3) is 0 Å². The van der Waals surface area contributed by atoms with Crippen LogP contribution >= 0.6 is 0 Å². The Morgan fingerprint density at radius 2 is 0.569 bits per heavy atom. The zero-order valence-corrected chi connectivity index (χ0v) is 31.0. The first kappa shape index (κ1) is 47.3. The summed E-state index contributed by atoms with van der Waals surface area (Å²) in [5, 5.41) is 0. The molecule has 0 radical (unpaired) electrons. The van der Waals surface area contributed by atoms with Gasteiger partial charge in [0.2, 0.25) is 0 Å². The third-order valence-electron chi connectivity index (χ3n) is 10.3. The van der Waals surface area contributed by atoms with Crippen molar-refractivity contribution in [3.05, 3.63) is 57.6 Å². The normalized spacial score (nSPS) is 17.9. The average Bonchev–Trinajstić information content (AvgIpc) is 3.97. The summed E-state index contributed by atoms with van der Waals surface area (Å²) in [7, 11) is 0. The molecule has 0 aliphatic heterocycles. The number of halogens is 20. The van der Waals surface area contributed by atoms with E-state index in [1.54, 1.807) is 0 Å². The van der Waals surface area contributed by atoms with E-state index in [4.69, 9.17) is 11.5 Å². The summed E-state index contributed by atoms with van der Waals surface area (Å²) < 4.78 is 301. The van der Waals surface area contributed by atoms with Crippen LogP contribution in [0.2, 0.25) is 0 Å². The Morgan fingerprint density at radius 3 is 0.759 bits per heavy atom. The van der Waals surface area contributed by atoms with Gasteiger partial charge in [0.15, 0.2) is 0 Å². The minimum absolute atomic E-state index is 0.00674. The highest BCUT2D eigenvalue weighted by Gasteiger charge is 2.97. The van der Waals surface area contributed by atoms with E-state index in [1.807, 2.05) is 0 Å². The van der Waals surface area contributed by atoms with Crippen LogP contribution < -0.4 is 11.5 Å². The monoisotopic (exact) mass is 876 g/mol. The van der Waals surface area contributed by atoms with E-state index in [-0.39, 0.29) is 61.3 Å². The van der Waals surface area contributed by atoms with E-state index in [1.165, 1.54) is 41.5 Å².